The van der Waals surface area contributed by atoms with Crippen LogP contribution < -0.4 is 0 Å². The minimum absolute atomic E-state index is 0. The van der Waals surface area contributed by atoms with Gasteiger partial charge in [-0.05, 0) is 0 Å². The molecule has 0 bridgehead atoms. The summed E-state index contributed by atoms with van der Waals surface area (Å²) in [6.07, 6.45) is 0. The second-order valence-corrected chi connectivity index (χ2v) is 0. The molecule has 4 N–H and O–H groups in total. The molecule has 0 saturated heterocycles. The molecule has 0 aliphatic carbocycles. The van der Waals surface area contributed by atoms with Gasteiger partial charge in [-0.25, -0.2) is 0 Å². The number of rotatable bonds is 0. The Hall–Kier alpha value is 3.42. The van der Waals surface area contributed by atoms with Crippen molar-refractivity contribution < 1.29 is 40.5 Å². The largest absolute Gasteiger partial charge is 4.00 e. The van der Waals surface area contributed by atoms with Crippen LogP contribution in [0.25, 0.3) is 0 Å². The van der Waals surface area contributed by atoms with Gasteiger partial charge in [-0.15, -0.1) is 0 Å². The van der Waals surface area contributed by atoms with Crippen molar-refractivity contribution in [2.24, 2.45) is 0 Å². The summed E-state index contributed by atoms with van der Waals surface area (Å²) in [5.74, 6) is 0. The molecule has 0 fully saturated rings. The zero-order chi connectivity index (χ0) is 0. The Morgan fingerprint density at radius 2 is 0.375 bits per heavy atom. The van der Waals surface area contributed by atoms with Crippen LogP contribution in [0.5, 0.6) is 0 Å². The number of hydrogen-bond acceptors (Lipinski definition) is 4. The zero-order valence-corrected chi connectivity index (χ0v) is 12.6. The molecular formula is H4Na3O4V. The van der Waals surface area contributed by atoms with Crippen molar-refractivity contribution in [3.8, 4) is 0 Å². The van der Waals surface area contributed by atoms with Gasteiger partial charge in [-0.2, -0.15) is 0 Å². The molecule has 0 aliphatic rings. The molecule has 4 radical (unpaired) electrons. The summed E-state index contributed by atoms with van der Waals surface area (Å²) in [6, 6.07) is 0. The molecule has 0 aromatic rings. The smallest absolute Gasteiger partial charge is 0.870 e. The maximum atomic E-state index is 0. The molecule has 0 aromatic heterocycles. The first-order valence-corrected chi connectivity index (χ1v) is 0. The Kier molecular flexibility index (Phi) is 1040. The monoisotopic (exact) mass is 188 g/mol. The Morgan fingerprint density at radius 3 is 0.375 bits per heavy atom. The van der Waals surface area contributed by atoms with E-state index in [2.05, 4.69) is 0 Å². The van der Waals surface area contributed by atoms with Crippen LogP contribution in [0.1, 0.15) is 0 Å². The predicted octanol–water partition coefficient (Wildman–Crippen LogP) is -1.85. The second-order valence-electron chi connectivity index (χ2n) is 0. The summed E-state index contributed by atoms with van der Waals surface area (Å²) in [5, 5.41) is 0. The molecule has 0 atom stereocenters. The van der Waals surface area contributed by atoms with Gasteiger partial charge in [0.2, 0.25) is 0 Å². The normalized spacial score (nSPS) is 0. The van der Waals surface area contributed by atoms with Gasteiger partial charge < -0.3 is 21.9 Å². The molecule has 8 heteroatoms. The van der Waals surface area contributed by atoms with E-state index >= 15 is 0 Å². The van der Waals surface area contributed by atoms with Gasteiger partial charge in [0.15, 0.2) is 0 Å². The van der Waals surface area contributed by atoms with E-state index in [1.54, 1.807) is 0 Å². The molecule has 0 unspecified atom stereocenters. The standard InChI is InChI=1S/3Na.4H2O.V/h;;;4*1H2;/q;;;;;;;+4/p-4. The predicted molar refractivity (Wildman–Crippen MR) is 25.0 cm³/mol. The average Bonchev–Trinajstić information content (AvgIpc) is 0. The Labute approximate surface area is 127 Å². The van der Waals surface area contributed by atoms with Gasteiger partial charge in [0.1, 0.15) is 0 Å². The third-order valence-electron chi connectivity index (χ3n) is 0. The summed E-state index contributed by atoms with van der Waals surface area (Å²) in [5.41, 5.74) is 0. The SMILES string of the molecule is [Na].[Na].[Na].[OH-].[OH-].[OH-].[OH-].[V+4]. The van der Waals surface area contributed by atoms with Crippen LogP contribution in [0.3, 0.4) is 0 Å². The van der Waals surface area contributed by atoms with Crippen molar-refractivity contribution >= 4 is 88.7 Å². The quantitative estimate of drug-likeness (QED) is 0.414. The molecule has 0 saturated carbocycles. The Morgan fingerprint density at radius 1 is 0.375 bits per heavy atom. The van der Waals surface area contributed by atoms with Crippen LogP contribution in [-0.2, 0) is 18.6 Å². The van der Waals surface area contributed by atoms with E-state index < -0.39 is 0 Å². The molecular weight excluding hydrogens is 184 g/mol. The summed E-state index contributed by atoms with van der Waals surface area (Å²) >= 11 is 0. The third kappa shape index (κ3) is 57.0. The molecule has 36 valence electrons. The van der Waals surface area contributed by atoms with Crippen molar-refractivity contribution in [2.45, 2.75) is 0 Å². The molecule has 0 aliphatic heterocycles. The van der Waals surface area contributed by atoms with E-state index in [1.807, 2.05) is 0 Å². The van der Waals surface area contributed by atoms with Crippen LogP contribution in [0.4, 0.5) is 0 Å². The van der Waals surface area contributed by atoms with E-state index in [4.69, 9.17) is 0 Å². The van der Waals surface area contributed by atoms with Crippen LogP contribution in [0.2, 0.25) is 0 Å². The fraction of sp³-hybridized carbons (Fsp3) is 0. The van der Waals surface area contributed by atoms with Crippen LogP contribution in [-0.4, -0.2) is 111 Å². The van der Waals surface area contributed by atoms with Gasteiger partial charge in [-0.1, -0.05) is 0 Å². The summed E-state index contributed by atoms with van der Waals surface area (Å²) in [6.45, 7) is 0. The van der Waals surface area contributed by atoms with Crippen molar-refractivity contribution in [3.05, 3.63) is 0 Å². The zero-order valence-electron chi connectivity index (χ0n) is 5.24. The van der Waals surface area contributed by atoms with Gasteiger partial charge >= 0.3 is 18.6 Å². The molecule has 4 nitrogen and oxygen atoms in total. The van der Waals surface area contributed by atoms with E-state index in [1.165, 1.54) is 0 Å². The van der Waals surface area contributed by atoms with E-state index in [9.17, 15) is 0 Å². The van der Waals surface area contributed by atoms with Gasteiger partial charge in [0.25, 0.3) is 0 Å². The Bertz CT molecular complexity index is 11.2. The summed E-state index contributed by atoms with van der Waals surface area (Å²) in [7, 11) is 0. The first-order chi connectivity index (χ1) is 0. The van der Waals surface area contributed by atoms with E-state index in [0.717, 1.165) is 0 Å². The third-order valence-corrected chi connectivity index (χ3v) is 0. The first kappa shape index (κ1) is 106. The van der Waals surface area contributed by atoms with Crippen LogP contribution >= 0.6 is 0 Å². The molecule has 0 amide bonds. The van der Waals surface area contributed by atoms with Gasteiger partial charge in [-0.3, -0.25) is 0 Å². The van der Waals surface area contributed by atoms with Gasteiger partial charge in [0.05, 0.1) is 0 Å². The fourth-order valence-electron chi connectivity index (χ4n) is 0. The van der Waals surface area contributed by atoms with Crippen molar-refractivity contribution in [3.63, 3.8) is 0 Å². The van der Waals surface area contributed by atoms with E-state index in [-0.39, 0.29) is 129 Å². The minimum atomic E-state index is 0. The van der Waals surface area contributed by atoms with Gasteiger partial charge in [0, 0.05) is 88.7 Å². The Balaban J connectivity index is 0. The maximum Gasteiger partial charge on any atom is 4.00 e. The van der Waals surface area contributed by atoms with Crippen LogP contribution in [0, 0.1) is 0 Å². The first-order valence-electron chi connectivity index (χ1n) is 0. The summed E-state index contributed by atoms with van der Waals surface area (Å²) in [4.78, 5) is 0. The average molecular weight is 188 g/mol. The molecule has 0 spiro atoms. The molecule has 0 aromatic carbocycles. The van der Waals surface area contributed by atoms with E-state index in [0.29, 0.717) is 0 Å². The summed E-state index contributed by atoms with van der Waals surface area (Å²) < 4.78 is 0. The molecule has 8 heavy (non-hydrogen) atoms. The maximum absolute atomic E-state index is 0. The second kappa shape index (κ2) is 79.0. The topological polar surface area (TPSA) is 120 Å². The van der Waals surface area contributed by atoms with Crippen molar-refractivity contribution in [2.75, 3.05) is 0 Å². The van der Waals surface area contributed by atoms with Crippen LogP contribution in [0.15, 0.2) is 0 Å². The van der Waals surface area contributed by atoms with Crippen molar-refractivity contribution in [1.29, 1.82) is 0 Å². The number of hydrogen-bond donors (Lipinski definition) is 0. The minimum Gasteiger partial charge on any atom is -0.870 e. The molecule has 0 rings (SSSR count). The fourth-order valence-corrected chi connectivity index (χ4v) is 0. The molecule has 0 heterocycles. The van der Waals surface area contributed by atoms with Crippen molar-refractivity contribution in [1.82, 2.24) is 0 Å².